The van der Waals surface area contributed by atoms with Gasteiger partial charge < -0.3 is 15.4 Å². The Morgan fingerprint density at radius 1 is 1.12 bits per heavy atom. The highest BCUT2D eigenvalue weighted by molar-refractivity contribution is 14.0. The van der Waals surface area contributed by atoms with Crippen molar-refractivity contribution in [3.63, 3.8) is 0 Å². The molecule has 25 heavy (non-hydrogen) atoms. The molecular formula is C17H27F3IN3O. The number of hydrogen-bond acceptors (Lipinski definition) is 2. The highest BCUT2D eigenvalue weighted by Crippen LogP contribution is 2.21. The van der Waals surface area contributed by atoms with Crippen LogP contribution >= 0.6 is 24.0 Å². The number of nitrogens with one attached hydrogen (secondary N) is 2. The molecule has 0 fully saturated rings. The van der Waals surface area contributed by atoms with Crippen LogP contribution in [0.5, 0.6) is 5.75 Å². The molecule has 1 rings (SSSR count). The summed E-state index contributed by atoms with van der Waals surface area (Å²) in [7, 11) is 1.63. The van der Waals surface area contributed by atoms with Crippen LogP contribution < -0.4 is 15.4 Å². The molecule has 0 saturated heterocycles. The topological polar surface area (TPSA) is 45.7 Å². The van der Waals surface area contributed by atoms with Crippen molar-refractivity contribution in [1.29, 1.82) is 0 Å². The number of guanidine groups is 1. The van der Waals surface area contributed by atoms with E-state index >= 15 is 0 Å². The van der Waals surface area contributed by atoms with E-state index in [0.29, 0.717) is 32.0 Å². The second-order valence-electron chi connectivity index (χ2n) is 5.36. The molecule has 0 spiro atoms. The zero-order chi connectivity index (χ0) is 17.8. The fourth-order valence-corrected chi connectivity index (χ4v) is 2.09. The summed E-state index contributed by atoms with van der Waals surface area (Å²) in [5, 5.41) is 6.28. The second kappa shape index (κ2) is 13.1. The minimum absolute atomic E-state index is 0. The van der Waals surface area contributed by atoms with Gasteiger partial charge in [0.2, 0.25) is 0 Å². The SMILES string of the molecule is CCNC(=NCCCCC(F)(F)F)NCCc1ccc(OC)cc1.I. The molecule has 4 nitrogen and oxygen atoms in total. The van der Waals surface area contributed by atoms with Crippen LogP contribution in [0.3, 0.4) is 0 Å². The minimum Gasteiger partial charge on any atom is -0.497 e. The van der Waals surface area contributed by atoms with Crippen LogP contribution in [0.2, 0.25) is 0 Å². The Balaban J connectivity index is 0.00000576. The molecule has 0 aliphatic carbocycles. The van der Waals surface area contributed by atoms with Gasteiger partial charge in [0.05, 0.1) is 7.11 Å². The molecule has 1 aromatic rings. The van der Waals surface area contributed by atoms with Crippen molar-refractivity contribution in [3.05, 3.63) is 29.8 Å². The molecule has 2 N–H and O–H groups in total. The quantitative estimate of drug-likeness (QED) is 0.245. The number of rotatable bonds is 9. The van der Waals surface area contributed by atoms with E-state index in [0.717, 1.165) is 12.2 Å². The lowest BCUT2D eigenvalue weighted by atomic mass is 10.1. The molecule has 0 aromatic heterocycles. The Morgan fingerprint density at radius 3 is 2.36 bits per heavy atom. The first-order valence-electron chi connectivity index (χ1n) is 8.16. The molecule has 0 aliphatic rings. The van der Waals surface area contributed by atoms with Crippen LogP contribution in [0.1, 0.15) is 31.7 Å². The third-order valence-electron chi connectivity index (χ3n) is 3.35. The van der Waals surface area contributed by atoms with Crippen LogP contribution in [-0.2, 0) is 6.42 Å². The van der Waals surface area contributed by atoms with Gasteiger partial charge in [0, 0.05) is 26.1 Å². The van der Waals surface area contributed by atoms with Crippen LogP contribution in [-0.4, -0.2) is 38.9 Å². The van der Waals surface area contributed by atoms with Gasteiger partial charge in [0.15, 0.2) is 5.96 Å². The summed E-state index contributed by atoms with van der Waals surface area (Å²) < 4.78 is 41.3. The van der Waals surface area contributed by atoms with E-state index in [9.17, 15) is 13.2 Å². The molecule has 0 atom stereocenters. The molecular weight excluding hydrogens is 446 g/mol. The molecule has 0 heterocycles. The summed E-state index contributed by atoms with van der Waals surface area (Å²) in [6.45, 7) is 3.73. The first-order chi connectivity index (χ1) is 11.4. The minimum atomic E-state index is -4.08. The molecule has 0 bridgehead atoms. The summed E-state index contributed by atoms with van der Waals surface area (Å²) in [5.74, 6) is 1.46. The van der Waals surface area contributed by atoms with E-state index in [2.05, 4.69) is 15.6 Å². The maximum atomic E-state index is 12.1. The van der Waals surface area contributed by atoms with Crippen molar-refractivity contribution in [1.82, 2.24) is 10.6 Å². The number of alkyl halides is 3. The third-order valence-corrected chi connectivity index (χ3v) is 3.35. The maximum absolute atomic E-state index is 12.1. The van der Waals surface area contributed by atoms with E-state index in [1.807, 2.05) is 31.2 Å². The van der Waals surface area contributed by atoms with Gasteiger partial charge in [-0.15, -0.1) is 24.0 Å². The zero-order valence-electron chi connectivity index (χ0n) is 14.7. The molecule has 0 amide bonds. The predicted octanol–water partition coefficient (Wildman–Crippen LogP) is 4.14. The zero-order valence-corrected chi connectivity index (χ0v) is 17.0. The van der Waals surface area contributed by atoms with Crippen molar-refractivity contribution in [2.45, 2.75) is 38.8 Å². The smallest absolute Gasteiger partial charge is 0.389 e. The normalized spacial score (nSPS) is 11.6. The number of methoxy groups -OCH3 is 1. The lowest BCUT2D eigenvalue weighted by Gasteiger charge is -2.11. The average molecular weight is 473 g/mol. The highest BCUT2D eigenvalue weighted by Gasteiger charge is 2.25. The van der Waals surface area contributed by atoms with Gasteiger partial charge >= 0.3 is 6.18 Å². The monoisotopic (exact) mass is 473 g/mol. The summed E-state index contributed by atoms with van der Waals surface area (Å²) in [4.78, 5) is 4.30. The van der Waals surface area contributed by atoms with Crippen LogP contribution in [0.4, 0.5) is 13.2 Å². The van der Waals surface area contributed by atoms with E-state index < -0.39 is 12.6 Å². The predicted molar refractivity (Wildman–Crippen MR) is 106 cm³/mol. The van der Waals surface area contributed by atoms with Crippen molar-refractivity contribution < 1.29 is 17.9 Å². The van der Waals surface area contributed by atoms with E-state index in [1.165, 1.54) is 5.56 Å². The van der Waals surface area contributed by atoms with Crippen molar-refractivity contribution in [2.24, 2.45) is 4.99 Å². The number of benzene rings is 1. The lowest BCUT2D eigenvalue weighted by molar-refractivity contribution is -0.135. The van der Waals surface area contributed by atoms with E-state index in [1.54, 1.807) is 7.11 Å². The van der Waals surface area contributed by atoms with Gasteiger partial charge in [0.1, 0.15) is 5.75 Å². The third kappa shape index (κ3) is 11.9. The molecule has 0 saturated carbocycles. The Labute approximate surface area is 164 Å². The maximum Gasteiger partial charge on any atom is 0.389 e. The standard InChI is InChI=1S/C17H26F3N3O.HI/c1-3-21-16(22-12-5-4-11-17(18,19)20)23-13-10-14-6-8-15(24-2)9-7-14;/h6-9H,3-5,10-13H2,1-2H3,(H2,21,22,23);1H. The lowest BCUT2D eigenvalue weighted by Crippen LogP contribution is -2.38. The Morgan fingerprint density at radius 2 is 1.80 bits per heavy atom. The number of nitrogens with zero attached hydrogens (tertiary/aromatic N) is 1. The van der Waals surface area contributed by atoms with Gasteiger partial charge in [-0.25, -0.2) is 0 Å². The average Bonchev–Trinajstić information content (AvgIpc) is 2.54. The van der Waals surface area contributed by atoms with Crippen LogP contribution in [0, 0.1) is 0 Å². The van der Waals surface area contributed by atoms with Crippen molar-refractivity contribution >= 4 is 29.9 Å². The Hall–Kier alpha value is -1.19. The summed E-state index contributed by atoms with van der Waals surface area (Å²) in [6.07, 6.45) is -3.47. The number of ether oxygens (including phenoxy) is 1. The molecule has 0 radical (unpaired) electrons. The molecule has 8 heteroatoms. The van der Waals surface area contributed by atoms with Gasteiger partial charge in [-0.05, 0) is 43.9 Å². The van der Waals surface area contributed by atoms with E-state index in [4.69, 9.17) is 4.74 Å². The van der Waals surface area contributed by atoms with Gasteiger partial charge in [-0.1, -0.05) is 12.1 Å². The van der Waals surface area contributed by atoms with Crippen LogP contribution in [0.25, 0.3) is 0 Å². The fraction of sp³-hybridized carbons (Fsp3) is 0.588. The van der Waals surface area contributed by atoms with Gasteiger partial charge in [0.25, 0.3) is 0 Å². The first kappa shape index (κ1) is 23.8. The summed E-state index contributed by atoms with van der Waals surface area (Å²) in [6, 6.07) is 7.83. The van der Waals surface area contributed by atoms with Crippen molar-refractivity contribution in [2.75, 3.05) is 26.7 Å². The fourth-order valence-electron chi connectivity index (χ4n) is 2.09. The summed E-state index contributed by atoms with van der Waals surface area (Å²) >= 11 is 0. The van der Waals surface area contributed by atoms with Gasteiger partial charge in [-0.2, -0.15) is 13.2 Å². The number of hydrogen-bond donors (Lipinski definition) is 2. The second-order valence-corrected chi connectivity index (χ2v) is 5.36. The Kier molecular flexibility index (Phi) is 12.5. The number of halogens is 4. The van der Waals surface area contributed by atoms with E-state index in [-0.39, 0.29) is 30.4 Å². The number of aliphatic imine (C=N–C) groups is 1. The van der Waals surface area contributed by atoms with Crippen molar-refractivity contribution in [3.8, 4) is 5.75 Å². The highest BCUT2D eigenvalue weighted by atomic mass is 127. The largest absolute Gasteiger partial charge is 0.497 e. The summed E-state index contributed by atoms with van der Waals surface area (Å²) in [5.41, 5.74) is 1.17. The van der Waals surface area contributed by atoms with Gasteiger partial charge in [-0.3, -0.25) is 4.99 Å². The Bertz CT molecular complexity index is 493. The molecule has 144 valence electrons. The molecule has 1 aromatic carbocycles. The first-order valence-corrected chi connectivity index (χ1v) is 8.16. The number of unbranched alkanes of at least 4 members (excludes halogenated alkanes) is 1. The molecule has 0 aliphatic heterocycles. The molecule has 0 unspecified atom stereocenters. The van der Waals surface area contributed by atoms with Crippen LogP contribution in [0.15, 0.2) is 29.3 Å².